The number of rotatable bonds is 5. The minimum absolute atomic E-state index is 0.0819. The van der Waals surface area contributed by atoms with Gasteiger partial charge in [0.25, 0.3) is 5.91 Å². The molecule has 22 heavy (non-hydrogen) atoms. The molecule has 2 rings (SSSR count). The second kappa shape index (κ2) is 7.07. The molecule has 0 spiro atoms. The molecule has 122 valence electrons. The van der Waals surface area contributed by atoms with Gasteiger partial charge in [0, 0.05) is 20.2 Å². The fourth-order valence-electron chi connectivity index (χ4n) is 2.53. The van der Waals surface area contributed by atoms with E-state index in [1.165, 1.54) is 24.3 Å². The van der Waals surface area contributed by atoms with Crippen LogP contribution in [-0.4, -0.2) is 55.9 Å². The smallest absolute Gasteiger partial charge is 0.260 e. The van der Waals surface area contributed by atoms with Crippen LogP contribution in [0, 0.1) is 5.82 Å². The molecular formula is C16H22FNO4. The zero-order chi connectivity index (χ0) is 16.2. The molecule has 0 aliphatic carbocycles. The van der Waals surface area contributed by atoms with Crippen molar-refractivity contribution in [3.63, 3.8) is 0 Å². The Morgan fingerprint density at radius 2 is 2.09 bits per heavy atom. The van der Waals surface area contributed by atoms with E-state index in [1.807, 2.05) is 13.8 Å². The summed E-state index contributed by atoms with van der Waals surface area (Å²) >= 11 is 0. The van der Waals surface area contributed by atoms with Crippen LogP contribution >= 0.6 is 0 Å². The molecule has 0 N–H and O–H groups in total. The second-order valence-electron chi connectivity index (χ2n) is 5.97. The van der Waals surface area contributed by atoms with E-state index >= 15 is 0 Å². The molecule has 6 heteroatoms. The number of methoxy groups -OCH3 is 1. The summed E-state index contributed by atoms with van der Waals surface area (Å²) in [5, 5.41) is 0. The van der Waals surface area contributed by atoms with Crippen molar-refractivity contribution >= 4 is 5.91 Å². The van der Waals surface area contributed by atoms with Gasteiger partial charge in [-0.05, 0) is 38.1 Å². The van der Waals surface area contributed by atoms with Crippen LogP contribution in [-0.2, 0) is 14.3 Å². The minimum atomic E-state index is -0.424. The van der Waals surface area contributed by atoms with Crippen LogP contribution < -0.4 is 4.74 Å². The van der Waals surface area contributed by atoms with Crippen LogP contribution in [0.1, 0.15) is 13.8 Å². The summed E-state index contributed by atoms with van der Waals surface area (Å²) < 4.78 is 29.2. The molecule has 0 bridgehead atoms. The van der Waals surface area contributed by atoms with Gasteiger partial charge in [0.05, 0.1) is 18.3 Å². The lowest BCUT2D eigenvalue weighted by atomic mass is 10.1. The van der Waals surface area contributed by atoms with E-state index in [-0.39, 0.29) is 24.4 Å². The average Bonchev–Trinajstić information content (AvgIpc) is 2.45. The summed E-state index contributed by atoms with van der Waals surface area (Å²) in [4.78, 5) is 14.0. The Hall–Kier alpha value is -1.66. The molecule has 1 saturated heterocycles. The van der Waals surface area contributed by atoms with Crippen LogP contribution in [0.15, 0.2) is 24.3 Å². The summed E-state index contributed by atoms with van der Waals surface area (Å²) in [6.07, 6.45) is -0.150. The molecule has 0 aromatic heterocycles. The van der Waals surface area contributed by atoms with Crippen molar-refractivity contribution in [2.45, 2.75) is 25.6 Å². The highest BCUT2D eigenvalue weighted by atomic mass is 19.1. The quantitative estimate of drug-likeness (QED) is 0.833. The number of ether oxygens (including phenoxy) is 3. The van der Waals surface area contributed by atoms with Crippen LogP contribution in [0.2, 0.25) is 0 Å². The number of carbonyl (C=O) groups excluding carboxylic acids is 1. The zero-order valence-corrected chi connectivity index (χ0v) is 13.2. The molecule has 5 nitrogen and oxygen atoms in total. The monoisotopic (exact) mass is 311 g/mol. The lowest BCUT2D eigenvalue weighted by Gasteiger charge is -2.42. The van der Waals surface area contributed by atoms with E-state index in [1.54, 1.807) is 12.0 Å². The topological polar surface area (TPSA) is 48.0 Å². The van der Waals surface area contributed by atoms with Crippen molar-refractivity contribution in [2.24, 2.45) is 0 Å². The maximum absolute atomic E-state index is 12.8. The van der Waals surface area contributed by atoms with Gasteiger partial charge in [-0.3, -0.25) is 4.79 Å². The largest absolute Gasteiger partial charge is 0.484 e. The zero-order valence-electron chi connectivity index (χ0n) is 13.2. The number of nitrogens with zero attached hydrogens (tertiary/aromatic N) is 1. The van der Waals surface area contributed by atoms with Gasteiger partial charge in [-0.2, -0.15) is 0 Å². The molecule has 1 unspecified atom stereocenters. The van der Waals surface area contributed by atoms with E-state index in [0.717, 1.165) is 0 Å². The highest BCUT2D eigenvalue weighted by Crippen LogP contribution is 2.21. The lowest BCUT2D eigenvalue weighted by Crippen LogP contribution is -2.56. The fourth-order valence-corrected chi connectivity index (χ4v) is 2.53. The van der Waals surface area contributed by atoms with E-state index in [4.69, 9.17) is 14.2 Å². The van der Waals surface area contributed by atoms with Crippen LogP contribution in [0.3, 0.4) is 0 Å². The van der Waals surface area contributed by atoms with Crippen molar-refractivity contribution in [1.29, 1.82) is 0 Å². The first-order valence-corrected chi connectivity index (χ1v) is 7.22. The van der Waals surface area contributed by atoms with Crippen LogP contribution in [0.4, 0.5) is 4.39 Å². The molecule has 1 aromatic rings. The highest BCUT2D eigenvalue weighted by Gasteiger charge is 2.35. The second-order valence-corrected chi connectivity index (χ2v) is 5.97. The Balaban J connectivity index is 1.91. The van der Waals surface area contributed by atoms with Gasteiger partial charge in [0.15, 0.2) is 6.61 Å². The van der Waals surface area contributed by atoms with E-state index in [9.17, 15) is 9.18 Å². The van der Waals surface area contributed by atoms with Crippen molar-refractivity contribution in [3.05, 3.63) is 30.1 Å². The lowest BCUT2D eigenvalue weighted by molar-refractivity contribution is -0.170. The molecule has 1 aliphatic heterocycles. The standard InChI is InChI=1S/C16H22FNO4/c1-16(2)11-18(8-14(22-16)9-20-3)15(19)10-21-13-6-4-12(17)5-7-13/h4-7,14H,8-11H2,1-3H3. The van der Waals surface area contributed by atoms with Gasteiger partial charge in [0.1, 0.15) is 11.6 Å². The van der Waals surface area contributed by atoms with E-state index in [2.05, 4.69) is 0 Å². The number of benzene rings is 1. The summed E-state index contributed by atoms with van der Waals surface area (Å²) in [7, 11) is 1.61. The first-order chi connectivity index (χ1) is 10.4. The highest BCUT2D eigenvalue weighted by molar-refractivity contribution is 5.78. The first-order valence-electron chi connectivity index (χ1n) is 7.22. The van der Waals surface area contributed by atoms with Gasteiger partial charge in [-0.15, -0.1) is 0 Å². The number of amides is 1. The average molecular weight is 311 g/mol. The molecule has 0 saturated carbocycles. The molecule has 1 amide bonds. The normalized spacial score (nSPS) is 20.7. The maximum atomic E-state index is 12.8. The number of halogens is 1. The SMILES string of the molecule is COCC1CN(C(=O)COc2ccc(F)cc2)CC(C)(C)O1. The third-order valence-electron chi connectivity index (χ3n) is 3.36. The third kappa shape index (κ3) is 4.68. The van der Waals surface area contributed by atoms with E-state index in [0.29, 0.717) is 25.4 Å². The summed E-state index contributed by atoms with van der Waals surface area (Å²) in [5.74, 6) is 0.00790. The molecular weight excluding hydrogens is 289 g/mol. The first kappa shape index (κ1) is 16.7. The number of carbonyl (C=O) groups is 1. The molecule has 0 radical (unpaired) electrons. The third-order valence-corrected chi connectivity index (χ3v) is 3.36. The Bertz CT molecular complexity index is 503. The van der Waals surface area contributed by atoms with Crippen molar-refractivity contribution < 1.29 is 23.4 Å². The van der Waals surface area contributed by atoms with Crippen molar-refractivity contribution in [3.8, 4) is 5.75 Å². The van der Waals surface area contributed by atoms with Gasteiger partial charge in [0.2, 0.25) is 0 Å². The van der Waals surface area contributed by atoms with Gasteiger partial charge < -0.3 is 19.1 Å². The Morgan fingerprint density at radius 1 is 1.41 bits per heavy atom. The Kier molecular flexibility index (Phi) is 5.37. The van der Waals surface area contributed by atoms with Crippen LogP contribution in [0.5, 0.6) is 5.75 Å². The van der Waals surface area contributed by atoms with Gasteiger partial charge >= 0.3 is 0 Å². The summed E-state index contributed by atoms with van der Waals surface area (Å²) in [6, 6.07) is 5.59. The van der Waals surface area contributed by atoms with Crippen molar-refractivity contribution in [1.82, 2.24) is 4.90 Å². The molecule has 1 heterocycles. The molecule has 1 atom stereocenters. The Labute approximate surface area is 130 Å². The molecule has 1 aromatic carbocycles. The predicted octanol–water partition coefficient (Wildman–Crippen LogP) is 1.86. The predicted molar refractivity (Wildman–Crippen MR) is 79.3 cm³/mol. The Morgan fingerprint density at radius 3 is 2.73 bits per heavy atom. The van der Waals surface area contributed by atoms with Crippen molar-refractivity contribution in [2.75, 3.05) is 33.4 Å². The number of hydrogen-bond acceptors (Lipinski definition) is 4. The molecule has 1 fully saturated rings. The van der Waals surface area contributed by atoms with Gasteiger partial charge in [-0.25, -0.2) is 4.39 Å². The summed E-state index contributed by atoms with van der Waals surface area (Å²) in [5.41, 5.74) is -0.424. The van der Waals surface area contributed by atoms with Gasteiger partial charge in [-0.1, -0.05) is 0 Å². The number of morpholine rings is 1. The molecule has 1 aliphatic rings. The fraction of sp³-hybridized carbons (Fsp3) is 0.562. The minimum Gasteiger partial charge on any atom is -0.484 e. The van der Waals surface area contributed by atoms with E-state index < -0.39 is 5.60 Å². The summed E-state index contributed by atoms with van der Waals surface area (Å²) in [6.45, 7) is 5.21. The maximum Gasteiger partial charge on any atom is 0.260 e. The number of hydrogen-bond donors (Lipinski definition) is 0. The van der Waals surface area contributed by atoms with Crippen LogP contribution in [0.25, 0.3) is 0 Å².